The van der Waals surface area contributed by atoms with Crippen molar-refractivity contribution in [3.05, 3.63) is 35.7 Å². The number of ether oxygens (including phenoxy) is 2. The minimum atomic E-state index is 0.718. The summed E-state index contributed by atoms with van der Waals surface area (Å²) in [5.41, 5.74) is 3.33. The quantitative estimate of drug-likeness (QED) is 0.897. The van der Waals surface area contributed by atoms with Crippen LogP contribution in [0.2, 0.25) is 0 Å². The Hall–Kier alpha value is -2.17. The molecule has 0 bridgehead atoms. The molecular formula is C14H19N3O2. The Morgan fingerprint density at radius 1 is 1.21 bits per heavy atom. The number of nitrogens with one attached hydrogen (secondary N) is 1. The number of rotatable bonds is 5. The number of hydrogen-bond donors (Lipinski definition) is 1. The van der Waals surface area contributed by atoms with Crippen molar-refractivity contribution in [2.75, 3.05) is 19.5 Å². The predicted octanol–water partition coefficient (Wildman–Crippen LogP) is 2.36. The molecular weight excluding hydrogens is 242 g/mol. The fourth-order valence-corrected chi connectivity index (χ4v) is 1.86. The second-order valence-electron chi connectivity index (χ2n) is 4.30. The smallest absolute Gasteiger partial charge is 0.162 e. The van der Waals surface area contributed by atoms with E-state index in [2.05, 4.69) is 17.3 Å². The SMILES string of the molecule is COc1ccc(NCc2cnn(C)c2C)cc1OC. The van der Waals surface area contributed by atoms with Crippen LogP contribution >= 0.6 is 0 Å². The Morgan fingerprint density at radius 3 is 2.53 bits per heavy atom. The van der Waals surface area contributed by atoms with Crippen molar-refractivity contribution >= 4 is 5.69 Å². The summed E-state index contributed by atoms with van der Waals surface area (Å²) in [5, 5.41) is 7.57. The summed E-state index contributed by atoms with van der Waals surface area (Å²) in [6.45, 7) is 2.79. The molecule has 1 N–H and O–H groups in total. The third-order valence-corrected chi connectivity index (χ3v) is 3.20. The standard InChI is InChI=1S/C14H19N3O2/c1-10-11(9-16-17(10)2)8-15-12-5-6-13(18-3)14(7-12)19-4/h5-7,9,15H,8H2,1-4H3. The minimum Gasteiger partial charge on any atom is -0.493 e. The van der Waals surface area contributed by atoms with E-state index in [9.17, 15) is 0 Å². The zero-order chi connectivity index (χ0) is 13.8. The summed E-state index contributed by atoms with van der Waals surface area (Å²) in [4.78, 5) is 0. The van der Waals surface area contributed by atoms with Gasteiger partial charge in [-0.05, 0) is 19.1 Å². The van der Waals surface area contributed by atoms with Gasteiger partial charge in [-0.3, -0.25) is 4.68 Å². The molecule has 1 aromatic heterocycles. The molecule has 0 saturated heterocycles. The van der Waals surface area contributed by atoms with Crippen LogP contribution in [0, 0.1) is 6.92 Å². The lowest BCUT2D eigenvalue weighted by Gasteiger charge is -2.11. The molecule has 2 rings (SSSR count). The van der Waals surface area contributed by atoms with Crippen LogP contribution in [0.25, 0.3) is 0 Å². The first-order valence-corrected chi connectivity index (χ1v) is 6.09. The fraction of sp³-hybridized carbons (Fsp3) is 0.357. The third-order valence-electron chi connectivity index (χ3n) is 3.20. The molecule has 0 unspecified atom stereocenters. The first kappa shape index (κ1) is 13.3. The summed E-state index contributed by atoms with van der Waals surface area (Å²) < 4.78 is 12.4. The lowest BCUT2D eigenvalue weighted by molar-refractivity contribution is 0.355. The highest BCUT2D eigenvalue weighted by Crippen LogP contribution is 2.29. The molecule has 19 heavy (non-hydrogen) atoms. The molecule has 102 valence electrons. The molecule has 0 aliphatic heterocycles. The molecule has 2 aromatic rings. The topological polar surface area (TPSA) is 48.3 Å². The van der Waals surface area contributed by atoms with Gasteiger partial charge >= 0.3 is 0 Å². The normalized spacial score (nSPS) is 10.3. The van der Waals surface area contributed by atoms with E-state index in [1.165, 1.54) is 5.56 Å². The molecule has 0 spiro atoms. The molecule has 0 atom stereocenters. The van der Waals surface area contributed by atoms with Crippen LogP contribution in [0.4, 0.5) is 5.69 Å². The van der Waals surface area contributed by atoms with E-state index >= 15 is 0 Å². The van der Waals surface area contributed by atoms with Crippen LogP contribution in [0.3, 0.4) is 0 Å². The lowest BCUT2D eigenvalue weighted by Crippen LogP contribution is -2.02. The van der Waals surface area contributed by atoms with Crippen LogP contribution in [-0.2, 0) is 13.6 Å². The van der Waals surface area contributed by atoms with Gasteiger partial charge in [0.15, 0.2) is 11.5 Å². The van der Waals surface area contributed by atoms with Crippen molar-refractivity contribution in [2.45, 2.75) is 13.5 Å². The average molecular weight is 261 g/mol. The van der Waals surface area contributed by atoms with Gasteiger partial charge in [-0.1, -0.05) is 0 Å². The first-order valence-electron chi connectivity index (χ1n) is 6.09. The lowest BCUT2D eigenvalue weighted by atomic mass is 10.2. The van der Waals surface area contributed by atoms with Gasteiger partial charge in [0, 0.05) is 36.6 Å². The van der Waals surface area contributed by atoms with Gasteiger partial charge in [-0.25, -0.2) is 0 Å². The maximum Gasteiger partial charge on any atom is 0.162 e. The summed E-state index contributed by atoms with van der Waals surface area (Å²) >= 11 is 0. The number of aromatic nitrogens is 2. The van der Waals surface area contributed by atoms with Crippen molar-refractivity contribution in [1.29, 1.82) is 0 Å². The molecule has 0 saturated carbocycles. The molecule has 0 amide bonds. The molecule has 0 radical (unpaired) electrons. The first-order chi connectivity index (χ1) is 9.15. The summed E-state index contributed by atoms with van der Waals surface area (Å²) in [6.07, 6.45) is 1.88. The Kier molecular flexibility index (Phi) is 3.94. The predicted molar refractivity (Wildman–Crippen MR) is 74.8 cm³/mol. The monoisotopic (exact) mass is 261 g/mol. The van der Waals surface area contributed by atoms with E-state index in [1.54, 1.807) is 14.2 Å². The fourth-order valence-electron chi connectivity index (χ4n) is 1.86. The van der Waals surface area contributed by atoms with Crippen molar-refractivity contribution in [1.82, 2.24) is 9.78 Å². The number of aryl methyl sites for hydroxylation is 1. The maximum atomic E-state index is 5.28. The molecule has 0 aliphatic carbocycles. The number of benzene rings is 1. The van der Waals surface area contributed by atoms with E-state index < -0.39 is 0 Å². The van der Waals surface area contributed by atoms with E-state index in [1.807, 2.05) is 36.1 Å². The molecule has 0 fully saturated rings. The van der Waals surface area contributed by atoms with Gasteiger partial charge < -0.3 is 14.8 Å². The van der Waals surface area contributed by atoms with Crippen LogP contribution in [0.15, 0.2) is 24.4 Å². The van der Waals surface area contributed by atoms with Crippen molar-refractivity contribution in [3.8, 4) is 11.5 Å². The summed E-state index contributed by atoms with van der Waals surface area (Å²) in [6, 6.07) is 5.77. The minimum absolute atomic E-state index is 0.718. The van der Waals surface area contributed by atoms with Gasteiger partial charge in [-0.15, -0.1) is 0 Å². The van der Waals surface area contributed by atoms with Crippen LogP contribution < -0.4 is 14.8 Å². The largest absolute Gasteiger partial charge is 0.493 e. The Morgan fingerprint density at radius 2 is 1.95 bits per heavy atom. The van der Waals surface area contributed by atoms with Crippen LogP contribution in [-0.4, -0.2) is 24.0 Å². The molecule has 1 heterocycles. The molecule has 5 heteroatoms. The van der Waals surface area contributed by atoms with Crippen molar-refractivity contribution in [3.63, 3.8) is 0 Å². The highest BCUT2D eigenvalue weighted by atomic mass is 16.5. The Balaban J connectivity index is 2.09. The highest BCUT2D eigenvalue weighted by molar-refractivity contribution is 5.55. The zero-order valence-corrected chi connectivity index (χ0v) is 11.7. The Labute approximate surface area is 113 Å². The number of hydrogen-bond acceptors (Lipinski definition) is 4. The Bertz CT molecular complexity index is 564. The van der Waals surface area contributed by atoms with Crippen molar-refractivity contribution in [2.24, 2.45) is 7.05 Å². The average Bonchev–Trinajstić information content (AvgIpc) is 2.76. The second kappa shape index (κ2) is 5.65. The highest BCUT2D eigenvalue weighted by Gasteiger charge is 2.06. The number of nitrogens with zero attached hydrogens (tertiary/aromatic N) is 2. The van der Waals surface area contributed by atoms with Crippen LogP contribution in [0.1, 0.15) is 11.3 Å². The molecule has 0 aliphatic rings. The number of anilines is 1. The zero-order valence-electron chi connectivity index (χ0n) is 11.7. The van der Waals surface area contributed by atoms with Gasteiger partial charge in [0.05, 0.1) is 20.4 Å². The number of methoxy groups -OCH3 is 2. The maximum absolute atomic E-state index is 5.28. The van der Waals surface area contributed by atoms with Crippen LogP contribution in [0.5, 0.6) is 11.5 Å². The van der Waals surface area contributed by atoms with Gasteiger partial charge in [-0.2, -0.15) is 5.10 Å². The van der Waals surface area contributed by atoms with E-state index in [4.69, 9.17) is 9.47 Å². The third kappa shape index (κ3) is 2.81. The molecule has 1 aromatic carbocycles. The van der Waals surface area contributed by atoms with E-state index in [0.717, 1.165) is 29.4 Å². The van der Waals surface area contributed by atoms with Gasteiger partial charge in [0.1, 0.15) is 0 Å². The van der Waals surface area contributed by atoms with Crippen molar-refractivity contribution < 1.29 is 9.47 Å². The summed E-state index contributed by atoms with van der Waals surface area (Å²) in [7, 11) is 5.20. The van der Waals surface area contributed by atoms with Gasteiger partial charge in [0.2, 0.25) is 0 Å². The second-order valence-corrected chi connectivity index (χ2v) is 4.30. The summed E-state index contributed by atoms with van der Waals surface area (Å²) in [5.74, 6) is 1.45. The van der Waals surface area contributed by atoms with E-state index in [0.29, 0.717) is 0 Å². The van der Waals surface area contributed by atoms with Gasteiger partial charge in [0.25, 0.3) is 0 Å². The molecule has 5 nitrogen and oxygen atoms in total. The van der Waals surface area contributed by atoms with E-state index in [-0.39, 0.29) is 0 Å².